The fraction of sp³-hybridized carbons (Fsp3) is 0.238. The van der Waals surface area contributed by atoms with Gasteiger partial charge in [-0.25, -0.2) is 4.57 Å². The highest BCUT2D eigenvalue weighted by atomic mass is 32.1. The highest BCUT2D eigenvalue weighted by molar-refractivity contribution is 7.12. The minimum Gasteiger partial charge on any atom is -0.328 e. The molecule has 6 nitrogen and oxygen atoms in total. The Morgan fingerprint density at radius 3 is 2.64 bits per heavy atom. The molecule has 142 valence electrons. The summed E-state index contributed by atoms with van der Waals surface area (Å²) in [6, 6.07) is 12.3. The summed E-state index contributed by atoms with van der Waals surface area (Å²) in [5, 5.41) is 1.80. The largest absolute Gasteiger partial charge is 0.328 e. The number of Topliss-reactive ketones (excluding diaryl/α,β-unsaturated/α-hetero) is 2. The topological polar surface area (TPSA) is 74.1 Å². The average molecular weight is 394 g/mol. The van der Waals surface area contributed by atoms with Crippen LogP contribution in [0.5, 0.6) is 0 Å². The second-order valence-electron chi connectivity index (χ2n) is 6.74. The van der Waals surface area contributed by atoms with Gasteiger partial charge in [0.05, 0.1) is 17.5 Å². The van der Waals surface area contributed by atoms with Crippen molar-refractivity contribution in [2.45, 2.75) is 19.0 Å². The van der Waals surface area contributed by atoms with E-state index in [4.69, 9.17) is 0 Å². The van der Waals surface area contributed by atoms with Crippen LogP contribution in [0.1, 0.15) is 27.7 Å². The number of thiophene rings is 1. The fourth-order valence-corrected chi connectivity index (χ4v) is 4.41. The van der Waals surface area contributed by atoms with Crippen LogP contribution in [0, 0.1) is 5.92 Å². The number of aromatic amines is 1. The van der Waals surface area contributed by atoms with Crippen LogP contribution in [0.15, 0.2) is 66.6 Å². The third kappa shape index (κ3) is 3.41. The van der Waals surface area contributed by atoms with Crippen molar-refractivity contribution in [1.29, 1.82) is 0 Å². The number of amides is 1. The fourth-order valence-electron chi connectivity index (χ4n) is 3.71. The number of nitrogens with one attached hydrogen (secondary N) is 1. The first-order valence-corrected chi connectivity index (χ1v) is 10.0. The number of aryl methyl sites for hydroxylation is 1. The number of benzene rings is 1. The van der Waals surface area contributed by atoms with Gasteiger partial charge in [-0.1, -0.05) is 36.4 Å². The number of H-pyrrole nitrogens is 1. The summed E-state index contributed by atoms with van der Waals surface area (Å²) in [6.07, 6.45) is 6.27. The van der Waals surface area contributed by atoms with Gasteiger partial charge in [0.25, 0.3) is 5.91 Å². The summed E-state index contributed by atoms with van der Waals surface area (Å²) in [4.78, 5) is 43.7. The number of hydrogen-bond donors (Lipinski definition) is 1. The van der Waals surface area contributed by atoms with Gasteiger partial charge in [-0.05, 0) is 17.0 Å². The van der Waals surface area contributed by atoms with Gasteiger partial charge in [0.15, 0.2) is 5.78 Å². The Bertz CT molecular complexity index is 968. The number of carbonyl (C=O) groups excluding carboxylic acids is 3. The van der Waals surface area contributed by atoms with Gasteiger partial charge in [-0.15, -0.1) is 11.3 Å². The van der Waals surface area contributed by atoms with Gasteiger partial charge >= 0.3 is 0 Å². The zero-order valence-corrected chi connectivity index (χ0v) is 16.0. The predicted molar refractivity (Wildman–Crippen MR) is 104 cm³/mol. The summed E-state index contributed by atoms with van der Waals surface area (Å²) in [7, 11) is 0. The molecule has 0 bridgehead atoms. The summed E-state index contributed by atoms with van der Waals surface area (Å²) in [6.45, 7) is 1.13. The minimum absolute atomic E-state index is 0.273. The predicted octanol–water partition coefficient (Wildman–Crippen LogP) is 2.41. The van der Waals surface area contributed by atoms with Crippen LogP contribution < -0.4 is 4.57 Å². The highest BCUT2D eigenvalue weighted by Gasteiger charge is 2.51. The Hall–Kier alpha value is -3.06. The Morgan fingerprint density at radius 2 is 1.96 bits per heavy atom. The molecular formula is C21H20N3O3S+. The number of carbonyl (C=O) groups is 3. The summed E-state index contributed by atoms with van der Waals surface area (Å²) >= 11 is 1.30. The van der Waals surface area contributed by atoms with Gasteiger partial charge < -0.3 is 4.90 Å². The lowest BCUT2D eigenvalue weighted by atomic mass is 9.88. The second kappa shape index (κ2) is 7.90. The van der Waals surface area contributed by atoms with E-state index in [9.17, 15) is 14.4 Å². The highest BCUT2D eigenvalue weighted by Crippen LogP contribution is 2.38. The Kier molecular flexibility index (Phi) is 5.16. The summed E-state index contributed by atoms with van der Waals surface area (Å²) < 4.78 is 1.98. The monoisotopic (exact) mass is 394 g/mol. The van der Waals surface area contributed by atoms with E-state index in [2.05, 4.69) is 4.98 Å². The third-order valence-corrected chi connectivity index (χ3v) is 5.90. The van der Waals surface area contributed by atoms with E-state index in [0.717, 1.165) is 5.56 Å². The first kappa shape index (κ1) is 18.3. The van der Waals surface area contributed by atoms with E-state index in [1.807, 2.05) is 53.6 Å². The van der Waals surface area contributed by atoms with Crippen LogP contribution in [-0.2, 0) is 16.1 Å². The molecule has 1 N–H and O–H groups in total. The van der Waals surface area contributed by atoms with Crippen LogP contribution in [0.25, 0.3) is 0 Å². The molecule has 3 heterocycles. The van der Waals surface area contributed by atoms with Crippen molar-refractivity contribution in [3.05, 3.63) is 77.0 Å². The molecule has 7 heteroatoms. The van der Waals surface area contributed by atoms with E-state index < -0.39 is 23.7 Å². The number of ketones is 2. The van der Waals surface area contributed by atoms with E-state index in [1.165, 1.54) is 11.3 Å². The minimum atomic E-state index is -0.992. The molecule has 2 atom stereocenters. The van der Waals surface area contributed by atoms with Crippen LogP contribution in [0.3, 0.4) is 0 Å². The first-order valence-electron chi connectivity index (χ1n) is 9.16. The zero-order chi connectivity index (χ0) is 19.5. The van der Waals surface area contributed by atoms with Crippen LogP contribution >= 0.6 is 11.3 Å². The molecule has 0 aliphatic carbocycles. The maximum absolute atomic E-state index is 13.1. The standard InChI is InChI=1S/C21H19N3O3S/c25-19(16-8-4-13-28-16)17-18(15-6-2-1-3-7-15)24(21(27)20(17)26)11-5-10-23-12-9-22-14-23/h1-4,6-9,12-14,17-18H,5,10-11H2/p+1. The van der Waals surface area contributed by atoms with E-state index in [1.54, 1.807) is 22.4 Å². The maximum Gasteiger partial charge on any atom is 0.291 e. The molecule has 0 saturated carbocycles. The van der Waals surface area contributed by atoms with Crippen molar-refractivity contribution in [2.24, 2.45) is 5.92 Å². The molecule has 1 aliphatic rings. The lowest BCUT2D eigenvalue weighted by Crippen LogP contribution is -2.36. The molecule has 2 unspecified atom stereocenters. The molecule has 0 radical (unpaired) electrons. The second-order valence-corrected chi connectivity index (χ2v) is 7.69. The molecule has 1 aliphatic heterocycles. The van der Waals surface area contributed by atoms with Gasteiger partial charge in [-0.2, -0.15) is 0 Å². The number of rotatable bonds is 7. The Morgan fingerprint density at radius 1 is 1.14 bits per heavy atom. The average Bonchev–Trinajstić information content (AvgIpc) is 3.46. The molecule has 3 aromatic rings. The van der Waals surface area contributed by atoms with Crippen molar-refractivity contribution in [1.82, 2.24) is 9.88 Å². The smallest absolute Gasteiger partial charge is 0.291 e. The lowest BCUT2D eigenvalue weighted by molar-refractivity contribution is -0.695. The molecule has 2 aromatic heterocycles. The van der Waals surface area contributed by atoms with E-state index in [0.29, 0.717) is 24.4 Å². The normalized spacial score (nSPS) is 19.4. The van der Waals surface area contributed by atoms with Crippen LogP contribution in [0.2, 0.25) is 0 Å². The number of imidazole rings is 1. The molecule has 4 rings (SSSR count). The molecule has 1 fully saturated rings. The van der Waals surface area contributed by atoms with Gasteiger partial charge in [0.1, 0.15) is 18.3 Å². The summed E-state index contributed by atoms with van der Waals surface area (Å²) in [5.41, 5.74) is 0.811. The quantitative estimate of drug-likeness (QED) is 0.289. The van der Waals surface area contributed by atoms with E-state index >= 15 is 0 Å². The molecule has 1 saturated heterocycles. The van der Waals surface area contributed by atoms with Crippen molar-refractivity contribution in [3.63, 3.8) is 0 Å². The van der Waals surface area contributed by atoms with Gasteiger partial charge in [0, 0.05) is 13.0 Å². The molecule has 0 spiro atoms. The number of hydrogen-bond acceptors (Lipinski definition) is 4. The van der Waals surface area contributed by atoms with Crippen LogP contribution in [0.4, 0.5) is 0 Å². The van der Waals surface area contributed by atoms with Crippen molar-refractivity contribution in [3.8, 4) is 0 Å². The Balaban J connectivity index is 1.63. The van der Waals surface area contributed by atoms with Gasteiger partial charge in [-0.3, -0.25) is 19.4 Å². The molecular weight excluding hydrogens is 374 g/mol. The van der Waals surface area contributed by atoms with Crippen molar-refractivity contribution >= 4 is 28.8 Å². The van der Waals surface area contributed by atoms with Gasteiger partial charge in [0.2, 0.25) is 12.1 Å². The lowest BCUT2D eigenvalue weighted by Gasteiger charge is -2.26. The van der Waals surface area contributed by atoms with Crippen molar-refractivity contribution in [2.75, 3.05) is 6.54 Å². The number of nitrogens with zero attached hydrogens (tertiary/aromatic N) is 2. The maximum atomic E-state index is 13.1. The SMILES string of the molecule is O=C1C(=O)N(CCC[n+]2cc[nH]c2)C(c2ccccc2)C1C(=O)c1cccs1. The zero-order valence-electron chi connectivity index (χ0n) is 15.2. The molecule has 28 heavy (non-hydrogen) atoms. The number of aromatic nitrogens is 2. The third-order valence-electron chi connectivity index (χ3n) is 5.01. The van der Waals surface area contributed by atoms with Crippen molar-refractivity contribution < 1.29 is 19.0 Å². The molecule has 1 aromatic carbocycles. The number of likely N-dealkylation sites (tertiary alicyclic amines) is 1. The molecule has 1 amide bonds. The summed E-state index contributed by atoms with van der Waals surface area (Å²) in [5.74, 6) is -2.44. The van der Waals surface area contributed by atoms with Crippen LogP contribution in [-0.4, -0.2) is 33.9 Å². The first-order chi connectivity index (χ1) is 13.7. The van der Waals surface area contributed by atoms with E-state index in [-0.39, 0.29) is 5.78 Å². The Labute approximate surface area is 166 Å².